The number of methoxy groups -OCH3 is 1. The van der Waals surface area contributed by atoms with Crippen LogP contribution in [0.5, 0.6) is 5.75 Å². The zero-order chi connectivity index (χ0) is 8.27. The van der Waals surface area contributed by atoms with E-state index in [2.05, 4.69) is 0 Å². The van der Waals surface area contributed by atoms with Gasteiger partial charge in [0, 0.05) is 0 Å². The summed E-state index contributed by atoms with van der Waals surface area (Å²) in [7, 11) is 1.51. The number of rotatable bonds is 2. The average molecular weight is 272 g/mol. The van der Waals surface area contributed by atoms with Crippen molar-refractivity contribution in [2.45, 2.75) is 0 Å². The normalized spacial score (nSPS) is 11.0. The number of hydrogen-bond donors (Lipinski definition) is 0. The molecule has 0 aliphatic rings. The van der Waals surface area contributed by atoms with Gasteiger partial charge in [-0.05, 0) is 0 Å². The average Bonchev–Trinajstić information content (AvgIpc) is 2.05. The maximum absolute atomic E-state index is 12.1. The van der Waals surface area contributed by atoms with Crippen molar-refractivity contribution in [2.75, 3.05) is 7.11 Å². The zero-order valence-corrected chi connectivity index (χ0v) is 8.01. The quantitative estimate of drug-likeness (QED) is 0.751. The summed E-state index contributed by atoms with van der Waals surface area (Å²) < 4.78 is 29.2. The van der Waals surface area contributed by atoms with E-state index < -0.39 is 21.0 Å². The second-order valence-electron chi connectivity index (χ2n) is 1.85. The van der Waals surface area contributed by atoms with Gasteiger partial charge >= 0.3 is 72.1 Å². The second-order valence-corrected chi connectivity index (χ2v) is 4.22. The Labute approximate surface area is 72.3 Å². The fraction of sp³-hybridized carbons (Fsp3) is 0.143. The molecule has 1 aromatic rings. The van der Waals surface area contributed by atoms with Gasteiger partial charge in [-0.1, -0.05) is 0 Å². The van der Waals surface area contributed by atoms with E-state index in [9.17, 15) is 5.72 Å². The van der Waals surface area contributed by atoms with E-state index in [1.165, 1.54) is 19.2 Å². The molecular formula is C7H7F2IO. The van der Waals surface area contributed by atoms with Gasteiger partial charge in [0.15, 0.2) is 0 Å². The van der Waals surface area contributed by atoms with Crippen molar-refractivity contribution in [3.8, 4) is 5.75 Å². The van der Waals surface area contributed by atoms with Crippen LogP contribution in [0, 0.1) is 3.57 Å². The monoisotopic (exact) mass is 272 g/mol. The van der Waals surface area contributed by atoms with E-state index in [1.807, 2.05) is 0 Å². The number of hydrogen-bond acceptors (Lipinski definition) is 1. The van der Waals surface area contributed by atoms with E-state index in [1.54, 1.807) is 12.1 Å². The summed E-state index contributed by atoms with van der Waals surface area (Å²) in [6.45, 7) is 0. The predicted molar refractivity (Wildman–Crippen MR) is 47.9 cm³/mol. The molecule has 0 radical (unpaired) electrons. The Balaban J connectivity index is 2.83. The molecule has 0 aromatic heterocycles. The third-order valence-electron chi connectivity index (χ3n) is 1.21. The van der Waals surface area contributed by atoms with Crippen LogP contribution in [0.15, 0.2) is 24.3 Å². The first-order valence-corrected chi connectivity index (χ1v) is 5.62. The minimum absolute atomic E-state index is 0.176. The molecule has 1 rings (SSSR count). The van der Waals surface area contributed by atoms with Crippen LogP contribution in [-0.2, 0) is 0 Å². The van der Waals surface area contributed by atoms with E-state index in [4.69, 9.17) is 4.74 Å². The molecule has 62 valence electrons. The molecule has 0 saturated heterocycles. The van der Waals surface area contributed by atoms with Crippen LogP contribution in [0.4, 0.5) is 5.72 Å². The van der Waals surface area contributed by atoms with Gasteiger partial charge in [0.2, 0.25) is 0 Å². The van der Waals surface area contributed by atoms with Crippen molar-refractivity contribution in [1.29, 1.82) is 0 Å². The summed E-state index contributed by atoms with van der Waals surface area (Å²) in [6.07, 6.45) is 0. The van der Waals surface area contributed by atoms with Crippen LogP contribution >= 0.6 is 21.0 Å². The first-order chi connectivity index (χ1) is 5.24. The number of benzene rings is 1. The van der Waals surface area contributed by atoms with Crippen LogP contribution < -0.4 is 4.74 Å². The Kier molecular flexibility index (Phi) is 3.04. The third-order valence-corrected chi connectivity index (χ3v) is 2.88. The van der Waals surface area contributed by atoms with Gasteiger partial charge < -0.3 is 0 Å². The van der Waals surface area contributed by atoms with Gasteiger partial charge in [0.1, 0.15) is 0 Å². The Hall–Kier alpha value is -0.390. The molecule has 0 saturated carbocycles. The molecule has 11 heavy (non-hydrogen) atoms. The standard InChI is InChI=1S/C7H7F2IO/c1-11-7-4-2-6(3-5-7)10(8)9/h2-5H,1H3. The first-order valence-electron chi connectivity index (χ1n) is 2.91. The fourth-order valence-corrected chi connectivity index (χ4v) is 1.57. The molecule has 1 aromatic carbocycles. The van der Waals surface area contributed by atoms with E-state index in [0.717, 1.165) is 0 Å². The molecule has 0 aliphatic heterocycles. The Morgan fingerprint density at radius 1 is 1.18 bits per heavy atom. The molecule has 0 N–H and O–H groups in total. The van der Waals surface area contributed by atoms with E-state index in [0.29, 0.717) is 5.75 Å². The molecule has 1 nitrogen and oxygen atoms in total. The van der Waals surface area contributed by atoms with Crippen molar-refractivity contribution < 1.29 is 10.5 Å². The van der Waals surface area contributed by atoms with Crippen molar-refractivity contribution in [3.05, 3.63) is 27.8 Å². The molecule has 0 aliphatic carbocycles. The fourth-order valence-electron chi connectivity index (χ4n) is 0.666. The van der Waals surface area contributed by atoms with Gasteiger partial charge in [0.05, 0.1) is 0 Å². The van der Waals surface area contributed by atoms with Gasteiger partial charge in [-0.3, -0.25) is 0 Å². The summed E-state index contributed by atoms with van der Waals surface area (Å²) in [5, 5.41) is 0. The van der Waals surface area contributed by atoms with Crippen molar-refractivity contribution in [2.24, 2.45) is 0 Å². The van der Waals surface area contributed by atoms with Crippen LogP contribution in [0.2, 0.25) is 0 Å². The molecular weight excluding hydrogens is 265 g/mol. The summed E-state index contributed by atoms with van der Waals surface area (Å²) >= 11 is -3.77. The molecule has 4 heteroatoms. The molecule has 0 heterocycles. The molecule has 0 bridgehead atoms. The van der Waals surface area contributed by atoms with E-state index in [-0.39, 0.29) is 3.57 Å². The van der Waals surface area contributed by atoms with Gasteiger partial charge in [0.25, 0.3) is 0 Å². The Morgan fingerprint density at radius 3 is 2.09 bits per heavy atom. The number of halogens is 3. The summed E-state index contributed by atoms with van der Waals surface area (Å²) in [5.74, 6) is 0.617. The van der Waals surface area contributed by atoms with Crippen molar-refractivity contribution in [3.63, 3.8) is 0 Å². The topological polar surface area (TPSA) is 9.23 Å². The molecule has 0 unspecified atom stereocenters. The van der Waals surface area contributed by atoms with Crippen LogP contribution in [0.1, 0.15) is 0 Å². The molecule has 0 amide bonds. The molecule has 0 spiro atoms. The first kappa shape index (κ1) is 8.70. The SMILES string of the molecule is COc1ccc(I(F)F)cc1. The van der Waals surface area contributed by atoms with Crippen molar-refractivity contribution >= 4 is 21.0 Å². The molecule has 0 atom stereocenters. The van der Waals surface area contributed by atoms with Crippen LogP contribution in [0.3, 0.4) is 0 Å². The Morgan fingerprint density at radius 2 is 1.73 bits per heavy atom. The second kappa shape index (κ2) is 3.85. The summed E-state index contributed by atoms with van der Waals surface area (Å²) in [6, 6.07) is 5.95. The maximum atomic E-state index is 12.1. The Bertz CT molecular complexity index is 222. The van der Waals surface area contributed by atoms with Crippen LogP contribution in [-0.4, -0.2) is 7.11 Å². The minimum atomic E-state index is -3.77. The van der Waals surface area contributed by atoms with Gasteiger partial charge in [-0.2, -0.15) is 0 Å². The summed E-state index contributed by atoms with van der Waals surface area (Å²) in [4.78, 5) is 0. The van der Waals surface area contributed by atoms with Crippen molar-refractivity contribution in [1.82, 2.24) is 0 Å². The van der Waals surface area contributed by atoms with Gasteiger partial charge in [-0.15, -0.1) is 0 Å². The zero-order valence-electron chi connectivity index (χ0n) is 5.85. The molecule has 0 fully saturated rings. The predicted octanol–water partition coefficient (Wildman–Crippen LogP) is 3.14. The van der Waals surface area contributed by atoms with E-state index >= 15 is 0 Å². The third kappa shape index (κ3) is 2.28. The summed E-state index contributed by atoms with van der Waals surface area (Å²) in [5.41, 5.74) is 0. The number of ether oxygens (including phenoxy) is 1. The van der Waals surface area contributed by atoms with Gasteiger partial charge in [-0.25, -0.2) is 0 Å². The van der Waals surface area contributed by atoms with Crippen LogP contribution in [0.25, 0.3) is 0 Å².